The molecular formula is C18H24N2O3. The van der Waals surface area contributed by atoms with Gasteiger partial charge in [0, 0.05) is 13.6 Å². The van der Waals surface area contributed by atoms with Crippen LogP contribution in [-0.2, 0) is 13.0 Å². The molecular weight excluding hydrogens is 292 g/mol. The molecule has 0 aliphatic rings. The highest BCUT2D eigenvalue weighted by Crippen LogP contribution is 2.22. The van der Waals surface area contributed by atoms with Gasteiger partial charge in [-0.25, -0.2) is 4.79 Å². The molecule has 1 aromatic heterocycles. The molecule has 0 fully saturated rings. The molecule has 0 atom stereocenters. The topological polar surface area (TPSA) is 65.7 Å². The van der Waals surface area contributed by atoms with Gasteiger partial charge >= 0.3 is 6.03 Å². The van der Waals surface area contributed by atoms with Crippen LogP contribution in [0.15, 0.2) is 28.7 Å². The van der Waals surface area contributed by atoms with E-state index in [4.69, 9.17) is 4.42 Å². The van der Waals surface area contributed by atoms with Gasteiger partial charge in [0.15, 0.2) is 0 Å². The number of nitrogens with zero attached hydrogens (tertiary/aromatic N) is 1. The minimum absolute atomic E-state index is 0.133. The van der Waals surface area contributed by atoms with Gasteiger partial charge in [-0.3, -0.25) is 0 Å². The van der Waals surface area contributed by atoms with Gasteiger partial charge < -0.3 is 19.7 Å². The summed E-state index contributed by atoms with van der Waals surface area (Å²) in [6, 6.07) is 7.52. The number of furan rings is 1. The molecule has 5 heteroatoms. The second-order valence-electron chi connectivity index (χ2n) is 5.93. The van der Waals surface area contributed by atoms with Gasteiger partial charge in [0.1, 0.15) is 17.3 Å². The monoisotopic (exact) mass is 316 g/mol. The summed E-state index contributed by atoms with van der Waals surface area (Å²) in [6.07, 6.45) is 0.724. The van der Waals surface area contributed by atoms with Crippen molar-refractivity contribution in [3.63, 3.8) is 0 Å². The number of phenols is 1. The smallest absolute Gasteiger partial charge is 0.317 e. The molecule has 2 N–H and O–H groups in total. The average molecular weight is 316 g/mol. The van der Waals surface area contributed by atoms with Gasteiger partial charge in [-0.05, 0) is 56.0 Å². The first kappa shape index (κ1) is 16.9. The van der Waals surface area contributed by atoms with Gasteiger partial charge in [0.05, 0.1) is 6.54 Å². The van der Waals surface area contributed by atoms with Crippen LogP contribution in [0.4, 0.5) is 4.79 Å². The van der Waals surface area contributed by atoms with Crippen LogP contribution in [0.5, 0.6) is 5.75 Å². The summed E-state index contributed by atoms with van der Waals surface area (Å²) in [7, 11) is 1.74. The van der Waals surface area contributed by atoms with Crippen molar-refractivity contribution in [2.24, 2.45) is 0 Å². The Balaban J connectivity index is 1.82. The number of amides is 2. The lowest BCUT2D eigenvalue weighted by atomic mass is 10.0. The van der Waals surface area contributed by atoms with E-state index >= 15 is 0 Å². The first-order valence-corrected chi connectivity index (χ1v) is 7.70. The third-order valence-corrected chi connectivity index (χ3v) is 3.78. The molecule has 0 aliphatic carbocycles. The Hall–Kier alpha value is -2.43. The summed E-state index contributed by atoms with van der Waals surface area (Å²) >= 11 is 0. The lowest BCUT2D eigenvalue weighted by Crippen LogP contribution is -2.37. The van der Waals surface area contributed by atoms with Crippen LogP contribution >= 0.6 is 0 Å². The summed E-state index contributed by atoms with van der Waals surface area (Å²) < 4.78 is 5.47. The van der Waals surface area contributed by atoms with Crippen molar-refractivity contribution in [3.05, 3.63) is 52.5 Å². The second kappa shape index (κ2) is 7.22. The molecule has 5 nitrogen and oxygen atoms in total. The third-order valence-electron chi connectivity index (χ3n) is 3.78. The molecule has 23 heavy (non-hydrogen) atoms. The minimum atomic E-state index is -0.133. The minimum Gasteiger partial charge on any atom is -0.507 e. The molecule has 2 amide bonds. The summed E-state index contributed by atoms with van der Waals surface area (Å²) in [5.41, 5.74) is 2.82. The summed E-state index contributed by atoms with van der Waals surface area (Å²) in [4.78, 5) is 13.7. The zero-order chi connectivity index (χ0) is 17.0. The van der Waals surface area contributed by atoms with Crippen molar-refractivity contribution >= 4 is 6.03 Å². The van der Waals surface area contributed by atoms with E-state index in [1.165, 1.54) is 0 Å². The Bertz CT molecular complexity index is 668. The highest BCUT2D eigenvalue weighted by molar-refractivity contribution is 5.73. The SMILES string of the molecule is Cc1ccc(CN(C)C(=O)NCCc2cc(C)c(O)c(C)c2)o1. The van der Waals surface area contributed by atoms with Crippen molar-refractivity contribution in [2.75, 3.05) is 13.6 Å². The number of rotatable bonds is 5. The lowest BCUT2D eigenvalue weighted by Gasteiger charge is -2.17. The fourth-order valence-electron chi connectivity index (χ4n) is 2.51. The average Bonchev–Trinajstić information content (AvgIpc) is 2.89. The first-order chi connectivity index (χ1) is 10.9. The second-order valence-corrected chi connectivity index (χ2v) is 5.93. The maximum Gasteiger partial charge on any atom is 0.317 e. The van der Waals surface area contributed by atoms with Crippen LogP contribution in [0.25, 0.3) is 0 Å². The van der Waals surface area contributed by atoms with Gasteiger partial charge in [0.25, 0.3) is 0 Å². The van der Waals surface area contributed by atoms with Crippen molar-refractivity contribution in [3.8, 4) is 5.75 Å². The number of benzene rings is 1. The number of phenolic OH excluding ortho intramolecular Hbond substituents is 1. The molecule has 0 saturated carbocycles. The van der Waals surface area contributed by atoms with Crippen LogP contribution in [0.2, 0.25) is 0 Å². The van der Waals surface area contributed by atoms with Crippen molar-refractivity contribution in [1.29, 1.82) is 0 Å². The number of urea groups is 1. The largest absolute Gasteiger partial charge is 0.507 e. The van der Waals surface area contributed by atoms with Crippen LogP contribution in [0, 0.1) is 20.8 Å². The third kappa shape index (κ3) is 4.52. The van der Waals surface area contributed by atoms with E-state index in [0.29, 0.717) is 18.8 Å². The normalized spacial score (nSPS) is 10.6. The summed E-state index contributed by atoms with van der Waals surface area (Å²) in [6.45, 7) is 6.62. The molecule has 0 aliphatic heterocycles. The Morgan fingerprint density at radius 1 is 1.22 bits per heavy atom. The molecule has 1 aromatic carbocycles. The van der Waals surface area contributed by atoms with Crippen LogP contribution in [0.1, 0.15) is 28.2 Å². The van der Waals surface area contributed by atoms with Crippen LogP contribution < -0.4 is 5.32 Å². The fourth-order valence-corrected chi connectivity index (χ4v) is 2.51. The Kier molecular flexibility index (Phi) is 5.32. The van der Waals surface area contributed by atoms with Gasteiger partial charge in [0.2, 0.25) is 0 Å². The number of aromatic hydroxyl groups is 1. The zero-order valence-corrected chi connectivity index (χ0v) is 14.1. The molecule has 2 rings (SSSR count). The zero-order valence-electron chi connectivity index (χ0n) is 14.1. The number of carbonyl (C=O) groups excluding carboxylic acids is 1. The quantitative estimate of drug-likeness (QED) is 0.889. The number of carbonyl (C=O) groups is 1. The van der Waals surface area contributed by atoms with Crippen LogP contribution in [0.3, 0.4) is 0 Å². The number of hydrogen-bond acceptors (Lipinski definition) is 3. The maximum atomic E-state index is 12.1. The maximum absolute atomic E-state index is 12.1. The molecule has 0 radical (unpaired) electrons. The van der Waals surface area contributed by atoms with Gasteiger partial charge in [-0.2, -0.15) is 0 Å². The highest BCUT2D eigenvalue weighted by atomic mass is 16.3. The Morgan fingerprint density at radius 2 is 1.87 bits per heavy atom. The predicted octanol–water partition coefficient (Wildman–Crippen LogP) is 3.29. The number of nitrogens with one attached hydrogen (secondary N) is 1. The fraction of sp³-hybridized carbons (Fsp3) is 0.389. The van der Waals surface area contributed by atoms with E-state index in [9.17, 15) is 9.90 Å². The van der Waals surface area contributed by atoms with E-state index < -0.39 is 0 Å². The van der Waals surface area contributed by atoms with Gasteiger partial charge in [-0.15, -0.1) is 0 Å². The Labute approximate surface area is 136 Å². The van der Waals surface area contributed by atoms with E-state index in [1.54, 1.807) is 11.9 Å². The van der Waals surface area contributed by atoms with E-state index in [-0.39, 0.29) is 6.03 Å². The molecule has 0 spiro atoms. The lowest BCUT2D eigenvalue weighted by molar-refractivity contribution is 0.203. The van der Waals surface area contributed by atoms with Gasteiger partial charge in [-0.1, -0.05) is 12.1 Å². The molecule has 0 unspecified atom stereocenters. The summed E-state index contributed by atoms with van der Waals surface area (Å²) in [5, 5.41) is 12.7. The van der Waals surface area contributed by atoms with Crippen molar-refractivity contribution in [1.82, 2.24) is 10.2 Å². The molecule has 1 heterocycles. The van der Waals surface area contributed by atoms with Crippen LogP contribution in [-0.4, -0.2) is 29.6 Å². The highest BCUT2D eigenvalue weighted by Gasteiger charge is 2.11. The standard InChI is InChI=1S/C18H24N2O3/c1-12-9-15(10-13(2)17(12)21)7-8-19-18(22)20(4)11-16-6-5-14(3)23-16/h5-6,9-10,21H,7-8,11H2,1-4H3,(H,19,22). The first-order valence-electron chi connectivity index (χ1n) is 7.70. The Morgan fingerprint density at radius 3 is 2.43 bits per heavy atom. The number of hydrogen-bond donors (Lipinski definition) is 2. The summed E-state index contributed by atoms with van der Waals surface area (Å²) in [5.74, 6) is 1.95. The molecule has 0 saturated heterocycles. The van der Waals surface area contributed by atoms with Crippen molar-refractivity contribution < 1.29 is 14.3 Å². The number of aryl methyl sites for hydroxylation is 3. The molecule has 2 aromatic rings. The predicted molar refractivity (Wildman–Crippen MR) is 89.6 cm³/mol. The molecule has 124 valence electrons. The van der Waals surface area contributed by atoms with Crippen molar-refractivity contribution in [2.45, 2.75) is 33.7 Å². The van der Waals surface area contributed by atoms with E-state index in [1.807, 2.05) is 45.0 Å². The van der Waals surface area contributed by atoms with E-state index in [0.717, 1.165) is 34.6 Å². The molecule has 0 bridgehead atoms. The van der Waals surface area contributed by atoms with E-state index in [2.05, 4.69) is 5.32 Å².